The molecule has 3 aromatic carbocycles. The average molecular weight is 347 g/mol. The number of benzene rings is 3. The Hall–Kier alpha value is -3.60. The first-order valence-corrected chi connectivity index (χ1v) is 7.93. The van der Waals surface area contributed by atoms with Crippen LogP contribution in [0, 0.1) is 0 Å². The van der Waals surface area contributed by atoms with Crippen molar-refractivity contribution in [2.45, 2.75) is 0 Å². The normalized spacial score (nSPS) is 10.2. The summed E-state index contributed by atoms with van der Waals surface area (Å²) in [5.41, 5.74) is 2.21. The standard InChI is InChI=1S/C13H9N.C8H8O4/c1-3-7-12-10(5-1)9-11-6-2-4-8-13(11)14-12;1-12-7-4-5(8(10)11)2-3-6(7)9/h1-9H;2-4,9H,1H3,(H,10,11). The molecule has 0 bridgehead atoms. The molecule has 0 radical (unpaired) electrons. The fourth-order valence-electron chi connectivity index (χ4n) is 2.53. The van der Waals surface area contributed by atoms with E-state index >= 15 is 0 Å². The Morgan fingerprint density at radius 3 is 2.00 bits per heavy atom. The number of para-hydroxylation sites is 2. The van der Waals surface area contributed by atoms with E-state index in [1.807, 2.05) is 36.4 Å². The number of methoxy groups -OCH3 is 1. The number of phenols is 1. The SMILES string of the molecule is COc1cc(C(=O)O)ccc1O.c1ccc2nc3ccccc3cc2c1. The zero-order valence-electron chi connectivity index (χ0n) is 14.1. The Bertz CT molecular complexity index is 971. The molecule has 130 valence electrons. The minimum atomic E-state index is -1.05. The first kappa shape index (κ1) is 17.2. The predicted octanol–water partition coefficient (Wildman–Crippen LogP) is 4.49. The van der Waals surface area contributed by atoms with Gasteiger partial charge in [0.15, 0.2) is 11.5 Å². The van der Waals surface area contributed by atoms with E-state index in [0.717, 1.165) is 11.0 Å². The number of fused-ring (bicyclic) bond motifs is 2. The van der Waals surface area contributed by atoms with Crippen LogP contribution in [0.1, 0.15) is 10.4 Å². The number of ether oxygens (including phenoxy) is 1. The smallest absolute Gasteiger partial charge is 0.335 e. The van der Waals surface area contributed by atoms with Gasteiger partial charge in [-0.05, 0) is 36.4 Å². The molecule has 5 heteroatoms. The van der Waals surface area contributed by atoms with Crippen molar-refractivity contribution in [2.24, 2.45) is 0 Å². The molecule has 0 aliphatic carbocycles. The summed E-state index contributed by atoms with van der Waals surface area (Å²) in [5.74, 6) is -0.953. The summed E-state index contributed by atoms with van der Waals surface area (Å²) in [5, 5.41) is 20.1. The van der Waals surface area contributed by atoms with Gasteiger partial charge in [0, 0.05) is 10.8 Å². The van der Waals surface area contributed by atoms with Crippen LogP contribution in [0.15, 0.2) is 72.8 Å². The lowest BCUT2D eigenvalue weighted by Gasteiger charge is -2.02. The first-order valence-electron chi connectivity index (χ1n) is 7.93. The number of carboxylic acid groups (broad SMARTS) is 1. The molecule has 1 heterocycles. The minimum absolute atomic E-state index is 0.0671. The van der Waals surface area contributed by atoms with Gasteiger partial charge in [0.1, 0.15) is 0 Å². The van der Waals surface area contributed by atoms with Gasteiger partial charge >= 0.3 is 5.97 Å². The lowest BCUT2D eigenvalue weighted by molar-refractivity contribution is 0.0696. The molecule has 0 aliphatic heterocycles. The van der Waals surface area contributed by atoms with Crippen molar-refractivity contribution in [1.29, 1.82) is 0 Å². The van der Waals surface area contributed by atoms with Gasteiger partial charge in [0.25, 0.3) is 0 Å². The van der Waals surface area contributed by atoms with E-state index < -0.39 is 5.97 Å². The summed E-state index contributed by atoms with van der Waals surface area (Å²) in [6.07, 6.45) is 0. The van der Waals surface area contributed by atoms with E-state index in [2.05, 4.69) is 23.2 Å². The second-order valence-corrected chi connectivity index (χ2v) is 5.57. The Balaban J connectivity index is 0.000000153. The van der Waals surface area contributed by atoms with E-state index in [0.29, 0.717) is 0 Å². The van der Waals surface area contributed by atoms with Crippen LogP contribution in [0.5, 0.6) is 11.5 Å². The molecule has 1 aromatic heterocycles. The molecule has 4 aromatic rings. The molecule has 4 rings (SSSR count). The molecule has 0 unspecified atom stereocenters. The third-order valence-corrected chi connectivity index (χ3v) is 3.85. The monoisotopic (exact) mass is 347 g/mol. The summed E-state index contributed by atoms with van der Waals surface area (Å²) < 4.78 is 4.72. The van der Waals surface area contributed by atoms with Crippen LogP contribution in [-0.4, -0.2) is 28.3 Å². The molecule has 0 saturated heterocycles. The van der Waals surface area contributed by atoms with Crippen molar-refractivity contribution in [3.63, 3.8) is 0 Å². The summed E-state index contributed by atoms with van der Waals surface area (Å²) in [7, 11) is 1.36. The Labute approximate surface area is 150 Å². The van der Waals surface area contributed by atoms with Crippen LogP contribution in [0.2, 0.25) is 0 Å². The Morgan fingerprint density at radius 1 is 0.885 bits per heavy atom. The molecule has 0 fully saturated rings. The zero-order chi connectivity index (χ0) is 18.5. The van der Waals surface area contributed by atoms with Gasteiger partial charge in [-0.3, -0.25) is 0 Å². The highest BCUT2D eigenvalue weighted by Gasteiger charge is 2.07. The van der Waals surface area contributed by atoms with Gasteiger partial charge in [0.05, 0.1) is 23.7 Å². The number of carboxylic acids is 1. The predicted molar refractivity (Wildman–Crippen MR) is 101 cm³/mol. The van der Waals surface area contributed by atoms with E-state index in [4.69, 9.17) is 14.9 Å². The summed E-state index contributed by atoms with van der Waals surface area (Å²) in [6, 6.07) is 22.4. The number of hydrogen-bond donors (Lipinski definition) is 2. The number of phenolic OH excluding ortho intramolecular Hbond substituents is 1. The largest absolute Gasteiger partial charge is 0.504 e. The summed E-state index contributed by atoms with van der Waals surface area (Å²) in [4.78, 5) is 15.0. The average Bonchev–Trinajstić information content (AvgIpc) is 2.67. The summed E-state index contributed by atoms with van der Waals surface area (Å²) >= 11 is 0. The third-order valence-electron chi connectivity index (χ3n) is 3.85. The fraction of sp³-hybridized carbons (Fsp3) is 0.0476. The van der Waals surface area contributed by atoms with Gasteiger partial charge in [0.2, 0.25) is 0 Å². The quantitative estimate of drug-likeness (QED) is 0.522. The van der Waals surface area contributed by atoms with Gasteiger partial charge in [-0.15, -0.1) is 0 Å². The van der Waals surface area contributed by atoms with Crippen molar-refractivity contribution >= 4 is 27.8 Å². The topological polar surface area (TPSA) is 79.7 Å². The molecule has 26 heavy (non-hydrogen) atoms. The number of rotatable bonds is 2. The highest BCUT2D eigenvalue weighted by Crippen LogP contribution is 2.26. The highest BCUT2D eigenvalue weighted by atomic mass is 16.5. The van der Waals surface area contributed by atoms with Crippen molar-refractivity contribution in [3.05, 3.63) is 78.4 Å². The van der Waals surface area contributed by atoms with Crippen LogP contribution in [0.3, 0.4) is 0 Å². The van der Waals surface area contributed by atoms with E-state index in [-0.39, 0.29) is 17.1 Å². The van der Waals surface area contributed by atoms with E-state index in [1.54, 1.807) is 0 Å². The third kappa shape index (κ3) is 3.72. The van der Waals surface area contributed by atoms with Crippen LogP contribution in [0.25, 0.3) is 21.8 Å². The fourth-order valence-corrected chi connectivity index (χ4v) is 2.53. The number of aromatic nitrogens is 1. The van der Waals surface area contributed by atoms with E-state index in [9.17, 15) is 4.79 Å². The van der Waals surface area contributed by atoms with Crippen LogP contribution in [0.4, 0.5) is 0 Å². The van der Waals surface area contributed by atoms with Crippen molar-refractivity contribution in [1.82, 2.24) is 4.98 Å². The molecule has 0 atom stereocenters. The van der Waals surface area contributed by atoms with Gasteiger partial charge in [-0.2, -0.15) is 0 Å². The number of aromatic carboxylic acids is 1. The maximum atomic E-state index is 10.4. The van der Waals surface area contributed by atoms with Crippen molar-refractivity contribution in [3.8, 4) is 11.5 Å². The molecular weight excluding hydrogens is 330 g/mol. The molecule has 0 saturated carbocycles. The summed E-state index contributed by atoms with van der Waals surface area (Å²) in [6.45, 7) is 0. The minimum Gasteiger partial charge on any atom is -0.504 e. The van der Waals surface area contributed by atoms with Crippen molar-refractivity contribution < 1.29 is 19.7 Å². The number of nitrogens with zero attached hydrogens (tertiary/aromatic N) is 1. The second kappa shape index (κ2) is 7.53. The second-order valence-electron chi connectivity index (χ2n) is 5.57. The lowest BCUT2D eigenvalue weighted by atomic mass is 10.1. The van der Waals surface area contributed by atoms with Crippen molar-refractivity contribution in [2.75, 3.05) is 7.11 Å². The van der Waals surface area contributed by atoms with Gasteiger partial charge < -0.3 is 14.9 Å². The molecule has 0 aliphatic rings. The Kier molecular flexibility index (Phi) is 4.99. The first-order chi connectivity index (χ1) is 12.6. The zero-order valence-corrected chi connectivity index (χ0v) is 14.1. The highest BCUT2D eigenvalue weighted by molar-refractivity contribution is 5.92. The van der Waals surface area contributed by atoms with Gasteiger partial charge in [-0.1, -0.05) is 36.4 Å². The molecular formula is C21H17NO4. The lowest BCUT2D eigenvalue weighted by Crippen LogP contribution is -1.96. The number of aromatic hydroxyl groups is 1. The number of pyridine rings is 1. The van der Waals surface area contributed by atoms with E-state index in [1.165, 1.54) is 36.1 Å². The van der Waals surface area contributed by atoms with Crippen LogP contribution >= 0.6 is 0 Å². The molecule has 0 amide bonds. The maximum Gasteiger partial charge on any atom is 0.335 e. The van der Waals surface area contributed by atoms with Crippen LogP contribution < -0.4 is 4.74 Å². The molecule has 2 N–H and O–H groups in total. The Morgan fingerprint density at radius 2 is 1.46 bits per heavy atom. The maximum absolute atomic E-state index is 10.4. The van der Waals surface area contributed by atoms with Gasteiger partial charge in [-0.25, -0.2) is 9.78 Å². The van der Waals surface area contributed by atoms with Crippen LogP contribution in [-0.2, 0) is 0 Å². The molecule has 5 nitrogen and oxygen atoms in total. The number of hydrogen-bond acceptors (Lipinski definition) is 4. The molecule has 0 spiro atoms. The number of carbonyl (C=O) groups is 1.